The largest absolute Gasteiger partial charge is 0.512 e. The van der Waals surface area contributed by atoms with Crippen molar-refractivity contribution in [3.63, 3.8) is 0 Å². The van der Waals surface area contributed by atoms with Gasteiger partial charge < -0.3 is 0 Å². The van der Waals surface area contributed by atoms with Crippen LogP contribution in [-0.4, -0.2) is 35.4 Å². The van der Waals surface area contributed by atoms with Gasteiger partial charge in [-0.15, -0.1) is 4.13 Å². The third kappa shape index (κ3) is 2.67. The summed E-state index contributed by atoms with van der Waals surface area (Å²) >= 11 is 0. The van der Waals surface area contributed by atoms with Crippen LogP contribution in [0.25, 0.3) is 0 Å². The van der Waals surface area contributed by atoms with Crippen LogP contribution in [0, 0.1) is 0 Å². The molecule has 19 heavy (non-hydrogen) atoms. The van der Waals surface area contributed by atoms with Crippen LogP contribution in [0.15, 0.2) is 0 Å². The maximum Gasteiger partial charge on any atom is 0.512 e. The first-order valence-electron chi connectivity index (χ1n) is 3.70. The van der Waals surface area contributed by atoms with Crippen molar-refractivity contribution in [1.29, 1.82) is 0 Å². The summed E-state index contributed by atoms with van der Waals surface area (Å²) in [6, 6.07) is 0. The fourth-order valence-corrected chi connectivity index (χ4v) is 4.22. The van der Waals surface area contributed by atoms with E-state index >= 15 is 0 Å². The minimum atomic E-state index is -8.28. The van der Waals surface area contributed by atoms with E-state index in [-0.39, 0.29) is 0 Å². The van der Waals surface area contributed by atoms with Crippen molar-refractivity contribution in [3.05, 3.63) is 0 Å². The average Bonchev–Trinajstić information content (AvgIpc) is 2.13. The summed E-state index contributed by atoms with van der Waals surface area (Å²) in [5, 5.41) is 0. The van der Waals surface area contributed by atoms with E-state index < -0.39 is 46.2 Å². The molecule has 0 aliphatic carbocycles. The zero-order chi connectivity index (χ0) is 15.9. The van der Waals surface area contributed by atoms with E-state index in [0.717, 1.165) is 0 Å². The molecular weight excluding hydrogens is 345 g/mol. The van der Waals surface area contributed by atoms with E-state index in [4.69, 9.17) is 0 Å². The Labute approximate surface area is 99.1 Å². The molecule has 0 aromatic heterocycles. The smallest absolute Gasteiger partial charge is 0.251 e. The molecule has 0 saturated heterocycles. The normalized spacial score (nSPS) is 16.9. The van der Waals surface area contributed by atoms with Gasteiger partial charge in [-0.3, -0.25) is 4.21 Å². The maximum absolute atomic E-state index is 12.2. The van der Waals surface area contributed by atoms with Gasteiger partial charge in [-0.1, -0.05) is 0 Å². The maximum atomic E-state index is 12.2. The van der Waals surface area contributed by atoms with Gasteiger partial charge in [-0.2, -0.15) is 39.5 Å². The Morgan fingerprint density at radius 2 is 1.11 bits per heavy atom. The SMILES string of the molecule is O=S(=O)(NS(=O)(C(F)F)(C(F)F)C(F)F)C(F)(F)F. The van der Waals surface area contributed by atoms with Crippen molar-refractivity contribution >= 4 is 19.3 Å². The molecule has 0 heterocycles. The Hall–Kier alpha value is -0.570. The standard InChI is InChI=1S/C4H4F9NO3S2/c5-1(6)19(17,2(7)8,3(9)10)14-18(15,16)4(11,12)13/h1-3H,(H,14,17). The molecule has 0 spiro atoms. The summed E-state index contributed by atoms with van der Waals surface area (Å²) in [5.41, 5.74) is -6.48. The van der Waals surface area contributed by atoms with Gasteiger partial charge in [-0.05, 0) is 0 Å². The lowest BCUT2D eigenvalue weighted by atomic mass is 11.6. The van der Waals surface area contributed by atoms with Gasteiger partial charge in [0.15, 0.2) is 0 Å². The summed E-state index contributed by atoms with van der Waals surface area (Å²) in [6.07, 6.45) is 0. The molecule has 15 heteroatoms. The van der Waals surface area contributed by atoms with Gasteiger partial charge >= 0.3 is 32.8 Å². The van der Waals surface area contributed by atoms with E-state index in [1.165, 1.54) is 0 Å². The molecule has 0 rings (SSSR count). The Morgan fingerprint density at radius 1 is 0.842 bits per heavy atom. The molecule has 118 valence electrons. The zero-order valence-corrected chi connectivity index (χ0v) is 9.81. The van der Waals surface area contributed by atoms with Gasteiger partial charge in [0, 0.05) is 0 Å². The number of hydrogen-bond acceptors (Lipinski definition) is 3. The highest BCUT2D eigenvalue weighted by Gasteiger charge is 2.67. The summed E-state index contributed by atoms with van der Waals surface area (Å²) < 4.78 is 140. The first-order chi connectivity index (χ1) is 8.11. The van der Waals surface area contributed by atoms with Crippen molar-refractivity contribution in [1.82, 2.24) is 4.13 Å². The Kier molecular flexibility index (Phi) is 4.62. The highest BCUT2D eigenvalue weighted by Crippen LogP contribution is 2.44. The topological polar surface area (TPSA) is 63.2 Å². The van der Waals surface area contributed by atoms with E-state index in [9.17, 15) is 52.1 Å². The molecular formula is C4H4F9NO3S2. The Bertz CT molecular complexity index is 463. The summed E-state index contributed by atoms with van der Waals surface area (Å²) in [4.78, 5) is 0. The molecule has 0 fully saturated rings. The van der Waals surface area contributed by atoms with Gasteiger partial charge in [0.2, 0.25) is 0 Å². The van der Waals surface area contributed by atoms with Crippen molar-refractivity contribution in [2.45, 2.75) is 22.8 Å². The predicted molar refractivity (Wildman–Crippen MR) is 44.3 cm³/mol. The van der Waals surface area contributed by atoms with E-state index in [1.54, 1.807) is 0 Å². The zero-order valence-electron chi connectivity index (χ0n) is 8.17. The van der Waals surface area contributed by atoms with Crippen molar-refractivity contribution < 1.29 is 52.1 Å². The number of sulfonamides is 1. The van der Waals surface area contributed by atoms with Gasteiger partial charge in [0.05, 0.1) is 0 Å². The number of alkyl halides is 9. The minimum absolute atomic E-state index is 0.728. The van der Waals surface area contributed by atoms with Gasteiger partial charge in [0.1, 0.15) is 9.25 Å². The first-order valence-corrected chi connectivity index (χ1v) is 7.33. The fraction of sp³-hybridized carbons (Fsp3) is 1.00. The van der Waals surface area contributed by atoms with Crippen LogP contribution in [0.5, 0.6) is 0 Å². The fourth-order valence-electron chi connectivity index (χ4n) is 0.624. The van der Waals surface area contributed by atoms with Crippen LogP contribution >= 0.6 is 0 Å². The molecule has 0 bridgehead atoms. The Balaban J connectivity index is 6.20. The van der Waals surface area contributed by atoms with E-state index in [0.29, 0.717) is 0 Å². The lowest BCUT2D eigenvalue weighted by molar-refractivity contribution is -0.0442. The lowest BCUT2D eigenvalue weighted by Gasteiger charge is -2.39. The molecule has 0 amide bonds. The summed E-state index contributed by atoms with van der Waals surface area (Å²) in [5.74, 6) is -15.8. The number of nitrogens with one attached hydrogen (secondary N) is 1. The molecule has 1 N–H and O–H groups in total. The summed E-state index contributed by atoms with van der Waals surface area (Å²) in [6.45, 7) is 0. The van der Waals surface area contributed by atoms with Crippen LogP contribution < -0.4 is 4.13 Å². The second-order valence-corrected chi connectivity index (χ2v) is 8.42. The average molecular weight is 349 g/mol. The first kappa shape index (κ1) is 18.4. The third-order valence-electron chi connectivity index (χ3n) is 1.70. The highest BCUT2D eigenvalue weighted by atomic mass is 32.3. The lowest BCUT2D eigenvalue weighted by Crippen LogP contribution is -2.65. The van der Waals surface area contributed by atoms with Gasteiger partial charge in [-0.25, -0.2) is 8.42 Å². The van der Waals surface area contributed by atoms with E-state index in [1.807, 2.05) is 0 Å². The molecule has 0 aromatic carbocycles. The van der Waals surface area contributed by atoms with Crippen LogP contribution in [0.4, 0.5) is 39.5 Å². The molecule has 0 radical (unpaired) electrons. The molecule has 4 nitrogen and oxygen atoms in total. The monoisotopic (exact) mass is 349 g/mol. The second kappa shape index (κ2) is 4.76. The van der Waals surface area contributed by atoms with Crippen LogP contribution in [0.3, 0.4) is 0 Å². The minimum Gasteiger partial charge on any atom is -0.251 e. The number of halogens is 9. The molecule has 0 aliphatic heterocycles. The summed E-state index contributed by atoms with van der Waals surface area (Å²) in [7, 11) is -15.4. The van der Waals surface area contributed by atoms with Crippen LogP contribution in [-0.2, 0) is 19.3 Å². The molecule has 0 unspecified atom stereocenters. The highest BCUT2D eigenvalue weighted by molar-refractivity contribution is 8.24. The van der Waals surface area contributed by atoms with Crippen LogP contribution in [0.1, 0.15) is 0 Å². The van der Waals surface area contributed by atoms with Crippen molar-refractivity contribution in [2.24, 2.45) is 0 Å². The van der Waals surface area contributed by atoms with Crippen molar-refractivity contribution in [3.8, 4) is 0 Å². The number of hydrogen-bond donors (Lipinski definition) is 1. The molecule has 0 saturated carbocycles. The second-order valence-electron chi connectivity index (χ2n) is 2.95. The predicted octanol–water partition coefficient (Wildman–Crippen LogP) is 1.83. The third-order valence-corrected chi connectivity index (χ3v) is 6.81. The van der Waals surface area contributed by atoms with Gasteiger partial charge in [0.25, 0.3) is 0 Å². The number of rotatable bonds is 5. The molecule has 0 aromatic rings. The quantitative estimate of drug-likeness (QED) is 0.771. The Morgan fingerprint density at radius 3 is 1.26 bits per heavy atom. The van der Waals surface area contributed by atoms with Crippen molar-refractivity contribution in [2.75, 3.05) is 0 Å². The molecule has 0 aliphatic rings. The molecule has 0 atom stereocenters. The van der Waals surface area contributed by atoms with E-state index in [2.05, 4.69) is 0 Å². The van der Waals surface area contributed by atoms with Crippen LogP contribution in [0.2, 0.25) is 0 Å².